The first-order valence-corrected chi connectivity index (χ1v) is 8.30. The van der Waals surface area contributed by atoms with Gasteiger partial charge in [-0.05, 0) is 44.7 Å². The molecule has 1 aliphatic carbocycles. The first kappa shape index (κ1) is 14.1. The van der Waals surface area contributed by atoms with Crippen LogP contribution in [-0.4, -0.2) is 41.0 Å². The minimum Gasteiger partial charge on any atom is -0.472 e. The van der Waals surface area contributed by atoms with Crippen molar-refractivity contribution in [1.82, 2.24) is 0 Å². The third-order valence-electron chi connectivity index (χ3n) is 4.18. The second-order valence-electron chi connectivity index (χ2n) is 5.97. The Kier molecular flexibility index (Phi) is 3.59. The van der Waals surface area contributed by atoms with E-state index in [1.54, 1.807) is 0 Å². The monoisotopic (exact) mass is 304 g/mol. The van der Waals surface area contributed by atoms with E-state index < -0.39 is 5.79 Å². The van der Waals surface area contributed by atoms with Crippen LogP contribution in [0.2, 0.25) is 0 Å². The summed E-state index contributed by atoms with van der Waals surface area (Å²) < 4.78 is 24.2. The average Bonchev–Trinajstić information content (AvgIpc) is 2.88. The largest absolute Gasteiger partial charge is 0.472 e. The number of thioether (sulfide) groups is 1. The summed E-state index contributed by atoms with van der Waals surface area (Å²) >= 11 is 6.61. The second kappa shape index (κ2) is 4.84. The van der Waals surface area contributed by atoms with Gasteiger partial charge in [-0.1, -0.05) is 18.7 Å². The second-order valence-corrected chi connectivity index (χ2v) is 7.38. The first-order chi connectivity index (χ1) is 8.91. The first-order valence-electron chi connectivity index (χ1n) is 6.67. The Hall–Kier alpha value is 0.120. The van der Waals surface area contributed by atoms with Crippen LogP contribution in [0.4, 0.5) is 0 Å². The van der Waals surface area contributed by atoms with Crippen LogP contribution in [0, 0.1) is 11.8 Å². The van der Waals surface area contributed by atoms with E-state index in [4.69, 9.17) is 31.2 Å². The van der Waals surface area contributed by atoms with Crippen LogP contribution < -0.4 is 0 Å². The van der Waals surface area contributed by atoms with Crippen molar-refractivity contribution in [1.29, 1.82) is 0 Å². The lowest BCUT2D eigenvalue weighted by atomic mass is 9.92. The minimum absolute atomic E-state index is 0.0199. The summed E-state index contributed by atoms with van der Waals surface area (Å²) in [6.45, 7) is 6.09. The summed E-state index contributed by atoms with van der Waals surface area (Å²) in [5, 5.41) is 0. The molecular weight excluding hydrogens is 284 g/mol. The van der Waals surface area contributed by atoms with E-state index in [1.165, 1.54) is 11.8 Å². The van der Waals surface area contributed by atoms with E-state index in [1.807, 2.05) is 20.1 Å². The fourth-order valence-electron chi connectivity index (χ4n) is 3.48. The maximum atomic E-state index is 6.03. The van der Waals surface area contributed by atoms with E-state index in [-0.39, 0.29) is 24.6 Å². The third-order valence-corrected chi connectivity index (χ3v) is 5.21. The number of hydrogen-bond donors (Lipinski definition) is 0. The van der Waals surface area contributed by atoms with Gasteiger partial charge < -0.3 is 18.9 Å². The smallest absolute Gasteiger partial charge is 0.220 e. The van der Waals surface area contributed by atoms with E-state index in [2.05, 4.69) is 6.92 Å². The predicted molar refractivity (Wildman–Crippen MR) is 77.0 cm³/mol. The molecule has 108 valence electrons. The van der Waals surface area contributed by atoms with E-state index in [9.17, 15) is 0 Å². The molecule has 0 amide bonds. The van der Waals surface area contributed by atoms with E-state index in [0.717, 1.165) is 6.42 Å². The lowest BCUT2D eigenvalue weighted by molar-refractivity contribution is -0.214. The van der Waals surface area contributed by atoms with Gasteiger partial charge in [-0.15, -0.1) is 0 Å². The van der Waals surface area contributed by atoms with E-state index >= 15 is 0 Å². The highest BCUT2D eigenvalue weighted by atomic mass is 32.2. The molecule has 1 saturated carbocycles. The van der Waals surface area contributed by atoms with Crippen LogP contribution in [0.5, 0.6) is 0 Å². The van der Waals surface area contributed by atoms with Crippen molar-refractivity contribution in [2.75, 3.05) is 6.26 Å². The Balaban J connectivity index is 1.73. The Morgan fingerprint density at radius 1 is 1.32 bits per heavy atom. The quantitative estimate of drug-likeness (QED) is 0.693. The van der Waals surface area contributed by atoms with Gasteiger partial charge in [0.15, 0.2) is 12.1 Å². The summed E-state index contributed by atoms with van der Waals surface area (Å²) in [5.41, 5.74) is 0. The van der Waals surface area contributed by atoms with Gasteiger partial charge in [0.2, 0.25) is 4.38 Å². The molecule has 0 aromatic rings. The zero-order valence-corrected chi connectivity index (χ0v) is 13.3. The molecule has 6 atom stereocenters. The molecule has 0 N–H and O–H groups in total. The Morgan fingerprint density at radius 3 is 2.74 bits per heavy atom. The molecule has 0 aromatic heterocycles. The van der Waals surface area contributed by atoms with Crippen molar-refractivity contribution in [2.24, 2.45) is 11.8 Å². The average molecular weight is 304 g/mol. The Bertz CT molecular complexity index is 387. The van der Waals surface area contributed by atoms with Gasteiger partial charge >= 0.3 is 0 Å². The van der Waals surface area contributed by atoms with Gasteiger partial charge in [-0.25, -0.2) is 0 Å². The molecule has 0 spiro atoms. The maximum absolute atomic E-state index is 6.03. The molecule has 0 unspecified atom stereocenters. The number of thiocarbonyl (C=S) groups is 1. The van der Waals surface area contributed by atoms with Crippen molar-refractivity contribution in [3.63, 3.8) is 0 Å². The van der Waals surface area contributed by atoms with Crippen molar-refractivity contribution >= 4 is 28.4 Å². The van der Waals surface area contributed by atoms with Crippen LogP contribution in [0.25, 0.3) is 0 Å². The summed E-state index contributed by atoms with van der Waals surface area (Å²) in [7, 11) is 0. The van der Waals surface area contributed by atoms with Gasteiger partial charge in [0.25, 0.3) is 0 Å². The number of hydrogen-bond acceptors (Lipinski definition) is 6. The molecule has 4 nitrogen and oxygen atoms in total. The third kappa shape index (κ3) is 2.42. The van der Waals surface area contributed by atoms with Gasteiger partial charge in [-0.2, -0.15) is 0 Å². The highest BCUT2D eigenvalue weighted by Crippen LogP contribution is 2.50. The summed E-state index contributed by atoms with van der Waals surface area (Å²) in [4.78, 5) is 0. The highest BCUT2D eigenvalue weighted by molar-refractivity contribution is 8.22. The summed E-state index contributed by atoms with van der Waals surface area (Å²) in [6, 6.07) is 0. The van der Waals surface area contributed by atoms with Crippen molar-refractivity contribution in [3.05, 3.63) is 0 Å². The fraction of sp³-hybridized carbons (Fsp3) is 0.923. The molecule has 0 bridgehead atoms. The van der Waals surface area contributed by atoms with Crippen molar-refractivity contribution in [2.45, 2.75) is 57.6 Å². The van der Waals surface area contributed by atoms with Crippen LogP contribution >= 0.6 is 24.0 Å². The maximum Gasteiger partial charge on any atom is 0.220 e. The molecule has 6 heteroatoms. The number of fused-ring (bicyclic) bond motifs is 3. The standard InChI is InChI=1S/C13H20O4S2/c1-6-5-7(14-12(18)19-4)9-8(6)10-11(15-9)17-13(2,3)16-10/h6-11H,5H2,1-4H3/t6-,7+,8-,9+,10+,11+/m0/s1. The van der Waals surface area contributed by atoms with Crippen LogP contribution in [-0.2, 0) is 18.9 Å². The SMILES string of the molecule is CSC(=S)O[C@@H]1C[C@H](C)[C@@H]2[C@H]3OC(C)(C)O[C@H]3O[C@@H]21. The van der Waals surface area contributed by atoms with Crippen LogP contribution in [0.1, 0.15) is 27.2 Å². The molecule has 0 radical (unpaired) electrons. The molecule has 3 aliphatic rings. The topological polar surface area (TPSA) is 36.9 Å². The molecule has 2 heterocycles. The van der Waals surface area contributed by atoms with Gasteiger partial charge in [-0.3, -0.25) is 0 Å². The van der Waals surface area contributed by atoms with Gasteiger partial charge in [0, 0.05) is 5.92 Å². The minimum atomic E-state index is -0.548. The Labute approximate surface area is 123 Å². The zero-order valence-electron chi connectivity index (χ0n) is 11.6. The summed E-state index contributed by atoms with van der Waals surface area (Å²) in [5.74, 6) is 0.279. The van der Waals surface area contributed by atoms with E-state index in [0.29, 0.717) is 16.2 Å². The van der Waals surface area contributed by atoms with Crippen LogP contribution in [0.15, 0.2) is 0 Å². The van der Waals surface area contributed by atoms with Gasteiger partial charge in [0.05, 0.1) is 0 Å². The van der Waals surface area contributed by atoms with Crippen LogP contribution in [0.3, 0.4) is 0 Å². The Morgan fingerprint density at radius 2 is 2.05 bits per heavy atom. The van der Waals surface area contributed by atoms with Crippen molar-refractivity contribution in [3.8, 4) is 0 Å². The summed E-state index contributed by atoms with van der Waals surface area (Å²) in [6.07, 6.45) is 2.71. The molecule has 2 aliphatic heterocycles. The molecular formula is C13H20O4S2. The molecule has 0 aromatic carbocycles. The number of ether oxygens (including phenoxy) is 4. The molecule has 3 rings (SSSR count). The molecule has 19 heavy (non-hydrogen) atoms. The fourth-order valence-corrected chi connectivity index (χ4v) is 3.83. The highest BCUT2D eigenvalue weighted by Gasteiger charge is 2.61. The van der Waals surface area contributed by atoms with Gasteiger partial charge in [0.1, 0.15) is 18.3 Å². The molecule has 3 fully saturated rings. The lowest BCUT2D eigenvalue weighted by Crippen LogP contribution is -2.33. The zero-order chi connectivity index (χ0) is 13.8. The normalized spacial score (nSPS) is 46.9. The lowest BCUT2D eigenvalue weighted by Gasteiger charge is -2.24. The van der Waals surface area contributed by atoms with Crippen molar-refractivity contribution < 1.29 is 18.9 Å². The number of rotatable bonds is 1. The predicted octanol–water partition coefficient (Wildman–Crippen LogP) is 2.55. The molecule has 2 saturated heterocycles.